The second-order valence-corrected chi connectivity index (χ2v) is 4.85. The third-order valence-corrected chi connectivity index (χ3v) is 2.60. The van der Waals surface area contributed by atoms with E-state index in [-0.39, 0.29) is 6.10 Å². The van der Waals surface area contributed by atoms with Gasteiger partial charge in [-0.05, 0) is 38.5 Å². The molecular weight excluding hydrogens is 240 g/mol. The number of hydrogen-bond donors (Lipinski definition) is 1. The number of rotatable bonds is 6. The van der Waals surface area contributed by atoms with Crippen LogP contribution >= 0.6 is 0 Å². The molecule has 0 aliphatic heterocycles. The summed E-state index contributed by atoms with van der Waals surface area (Å²) in [7, 11) is 0. The molecule has 0 atom stereocenters. The second-order valence-electron chi connectivity index (χ2n) is 4.85. The van der Waals surface area contributed by atoms with Crippen LogP contribution in [0.15, 0.2) is 34.9 Å². The first-order chi connectivity index (χ1) is 9.13. The average molecular weight is 260 g/mol. The van der Waals surface area contributed by atoms with Crippen LogP contribution in [0.4, 0.5) is 0 Å². The van der Waals surface area contributed by atoms with E-state index in [0.29, 0.717) is 6.54 Å². The molecule has 0 fully saturated rings. The van der Waals surface area contributed by atoms with Crippen molar-refractivity contribution in [2.75, 3.05) is 0 Å². The quantitative estimate of drug-likeness (QED) is 0.867. The standard InChI is InChI=1S/C15H20N2O2/c1-11(2)18-14-6-4-13(5-7-14)9-16-10-15-8-12(3)17-19-15/h4-8,11,16H,9-10H2,1-3H3. The highest BCUT2D eigenvalue weighted by Gasteiger charge is 2.01. The van der Waals surface area contributed by atoms with Crippen LogP contribution in [0.1, 0.15) is 30.9 Å². The van der Waals surface area contributed by atoms with E-state index in [1.54, 1.807) is 0 Å². The summed E-state index contributed by atoms with van der Waals surface area (Å²) in [4.78, 5) is 0. The zero-order valence-corrected chi connectivity index (χ0v) is 11.6. The molecule has 4 heteroatoms. The summed E-state index contributed by atoms with van der Waals surface area (Å²) in [6.07, 6.45) is 0.207. The van der Waals surface area contributed by atoms with Gasteiger partial charge in [-0.3, -0.25) is 0 Å². The molecule has 2 rings (SSSR count). The van der Waals surface area contributed by atoms with Gasteiger partial charge in [-0.2, -0.15) is 0 Å². The highest BCUT2D eigenvalue weighted by atomic mass is 16.5. The molecule has 0 spiro atoms. The summed E-state index contributed by atoms with van der Waals surface area (Å²) in [5.41, 5.74) is 2.12. The fourth-order valence-corrected chi connectivity index (χ4v) is 1.79. The molecule has 0 aliphatic carbocycles. The second kappa shape index (κ2) is 6.38. The zero-order chi connectivity index (χ0) is 13.7. The van der Waals surface area contributed by atoms with Crippen molar-refractivity contribution in [1.29, 1.82) is 0 Å². The van der Waals surface area contributed by atoms with Crippen molar-refractivity contribution in [2.45, 2.75) is 40.0 Å². The first kappa shape index (κ1) is 13.6. The Hall–Kier alpha value is -1.81. The van der Waals surface area contributed by atoms with Gasteiger partial charge in [0, 0.05) is 12.6 Å². The van der Waals surface area contributed by atoms with Crippen LogP contribution in [-0.2, 0) is 13.1 Å². The van der Waals surface area contributed by atoms with Crippen LogP contribution in [0.25, 0.3) is 0 Å². The summed E-state index contributed by atoms with van der Waals surface area (Å²) >= 11 is 0. The van der Waals surface area contributed by atoms with Gasteiger partial charge in [0.2, 0.25) is 0 Å². The van der Waals surface area contributed by atoms with E-state index in [1.165, 1.54) is 5.56 Å². The van der Waals surface area contributed by atoms with Crippen molar-refractivity contribution in [2.24, 2.45) is 0 Å². The molecule has 0 unspecified atom stereocenters. The predicted molar refractivity (Wildman–Crippen MR) is 74.0 cm³/mol. The Bertz CT molecular complexity index is 503. The van der Waals surface area contributed by atoms with E-state index in [9.17, 15) is 0 Å². The summed E-state index contributed by atoms with van der Waals surface area (Å²) in [5.74, 6) is 1.77. The molecule has 0 aliphatic rings. The minimum absolute atomic E-state index is 0.207. The van der Waals surface area contributed by atoms with Crippen molar-refractivity contribution >= 4 is 0 Å². The Labute approximate surface area is 113 Å². The van der Waals surface area contributed by atoms with Gasteiger partial charge in [0.1, 0.15) is 5.75 Å². The van der Waals surface area contributed by atoms with Gasteiger partial charge in [0.25, 0.3) is 0 Å². The van der Waals surface area contributed by atoms with Gasteiger partial charge in [-0.25, -0.2) is 0 Å². The van der Waals surface area contributed by atoms with E-state index in [4.69, 9.17) is 9.26 Å². The first-order valence-corrected chi connectivity index (χ1v) is 6.52. The van der Waals surface area contributed by atoms with Crippen LogP contribution in [0.3, 0.4) is 0 Å². The van der Waals surface area contributed by atoms with Gasteiger partial charge in [-0.15, -0.1) is 0 Å². The van der Waals surface area contributed by atoms with Gasteiger partial charge in [-0.1, -0.05) is 17.3 Å². The molecule has 19 heavy (non-hydrogen) atoms. The topological polar surface area (TPSA) is 47.3 Å². The Morgan fingerprint density at radius 3 is 2.53 bits per heavy atom. The number of aromatic nitrogens is 1. The van der Waals surface area contributed by atoms with Gasteiger partial charge < -0.3 is 14.6 Å². The molecule has 1 aromatic heterocycles. The van der Waals surface area contributed by atoms with E-state index < -0.39 is 0 Å². The summed E-state index contributed by atoms with van der Waals surface area (Å²) in [5, 5.41) is 7.17. The summed E-state index contributed by atoms with van der Waals surface area (Å²) < 4.78 is 10.7. The predicted octanol–water partition coefficient (Wildman–Crippen LogP) is 3.06. The van der Waals surface area contributed by atoms with Gasteiger partial charge in [0.05, 0.1) is 18.3 Å². The molecule has 0 amide bonds. The van der Waals surface area contributed by atoms with Gasteiger partial charge in [0.15, 0.2) is 5.76 Å². The van der Waals surface area contributed by atoms with Crippen LogP contribution in [-0.4, -0.2) is 11.3 Å². The molecule has 0 radical (unpaired) electrons. The van der Waals surface area contributed by atoms with Crippen molar-refractivity contribution in [3.8, 4) is 5.75 Å². The van der Waals surface area contributed by atoms with Crippen LogP contribution < -0.4 is 10.1 Å². The smallest absolute Gasteiger partial charge is 0.150 e. The maximum Gasteiger partial charge on any atom is 0.150 e. The molecule has 102 valence electrons. The average Bonchev–Trinajstić information content (AvgIpc) is 2.77. The number of ether oxygens (including phenoxy) is 1. The minimum Gasteiger partial charge on any atom is -0.491 e. The molecule has 2 aromatic rings. The van der Waals surface area contributed by atoms with Gasteiger partial charge >= 0.3 is 0 Å². The number of benzene rings is 1. The van der Waals surface area contributed by atoms with E-state index in [1.807, 2.05) is 39.0 Å². The van der Waals surface area contributed by atoms with Crippen molar-refractivity contribution in [3.63, 3.8) is 0 Å². The van der Waals surface area contributed by atoms with E-state index >= 15 is 0 Å². The maximum atomic E-state index is 5.60. The number of nitrogens with zero attached hydrogens (tertiary/aromatic N) is 1. The zero-order valence-electron chi connectivity index (χ0n) is 11.6. The van der Waals surface area contributed by atoms with E-state index in [2.05, 4.69) is 22.6 Å². The molecule has 1 N–H and O–H groups in total. The van der Waals surface area contributed by atoms with Crippen molar-refractivity contribution in [3.05, 3.63) is 47.3 Å². The Morgan fingerprint density at radius 2 is 1.95 bits per heavy atom. The minimum atomic E-state index is 0.207. The number of aryl methyl sites for hydroxylation is 1. The maximum absolute atomic E-state index is 5.60. The van der Waals surface area contributed by atoms with Crippen LogP contribution in [0, 0.1) is 6.92 Å². The lowest BCUT2D eigenvalue weighted by Crippen LogP contribution is -2.12. The molecule has 0 saturated carbocycles. The Kier molecular flexibility index (Phi) is 4.58. The number of nitrogens with one attached hydrogen (secondary N) is 1. The highest BCUT2D eigenvalue weighted by Crippen LogP contribution is 2.13. The Balaban J connectivity index is 1.79. The SMILES string of the molecule is Cc1cc(CNCc2ccc(OC(C)C)cc2)on1. The normalized spacial score (nSPS) is 10.9. The largest absolute Gasteiger partial charge is 0.491 e. The molecule has 0 bridgehead atoms. The highest BCUT2D eigenvalue weighted by molar-refractivity contribution is 5.27. The summed E-state index contributed by atoms with van der Waals surface area (Å²) in [6.45, 7) is 7.44. The summed E-state index contributed by atoms with van der Waals surface area (Å²) in [6, 6.07) is 10.1. The third kappa shape index (κ3) is 4.41. The third-order valence-electron chi connectivity index (χ3n) is 2.60. The lowest BCUT2D eigenvalue weighted by atomic mass is 10.2. The van der Waals surface area contributed by atoms with Crippen molar-refractivity contribution in [1.82, 2.24) is 10.5 Å². The Morgan fingerprint density at radius 1 is 1.21 bits per heavy atom. The lowest BCUT2D eigenvalue weighted by molar-refractivity contribution is 0.242. The molecule has 4 nitrogen and oxygen atoms in total. The molecular formula is C15H20N2O2. The van der Waals surface area contributed by atoms with Crippen LogP contribution in [0.5, 0.6) is 5.75 Å². The number of hydrogen-bond acceptors (Lipinski definition) is 4. The monoisotopic (exact) mass is 260 g/mol. The molecule has 0 saturated heterocycles. The van der Waals surface area contributed by atoms with Crippen LogP contribution in [0.2, 0.25) is 0 Å². The molecule has 1 aromatic carbocycles. The lowest BCUT2D eigenvalue weighted by Gasteiger charge is -2.10. The molecule has 1 heterocycles. The first-order valence-electron chi connectivity index (χ1n) is 6.52. The fourth-order valence-electron chi connectivity index (χ4n) is 1.79. The fraction of sp³-hybridized carbons (Fsp3) is 0.400. The van der Waals surface area contributed by atoms with E-state index in [0.717, 1.165) is 23.7 Å². The van der Waals surface area contributed by atoms with Crippen molar-refractivity contribution < 1.29 is 9.26 Å².